The summed E-state index contributed by atoms with van der Waals surface area (Å²) < 4.78 is 0. The van der Waals surface area contributed by atoms with Gasteiger partial charge in [-0.15, -0.1) is 11.3 Å². The highest BCUT2D eigenvalue weighted by Gasteiger charge is 2.22. The lowest BCUT2D eigenvalue weighted by Crippen LogP contribution is -2.47. The number of rotatable bonds is 5. The Morgan fingerprint density at radius 3 is 2.28 bits per heavy atom. The van der Waals surface area contributed by atoms with Crippen molar-refractivity contribution in [1.29, 1.82) is 0 Å². The SMILES string of the molecule is O=C(Nc1ccc(N2CCN(c3ccccc3)CC2)c(C(=O)O)c1)c1cccs1. The van der Waals surface area contributed by atoms with Crippen molar-refractivity contribution in [3.63, 3.8) is 0 Å². The highest BCUT2D eigenvalue weighted by atomic mass is 32.1. The largest absolute Gasteiger partial charge is 0.478 e. The van der Waals surface area contributed by atoms with Crippen LogP contribution in [-0.4, -0.2) is 43.2 Å². The first-order chi connectivity index (χ1) is 14.1. The zero-order valence-electron chi connectivity index (χ0n) is 15.7. The van der Waals surface area contributed by atoms with E-state index in [2.05, 4.69) is 27.2 Å². The van der Waals surface area contributed by atoms with Crippen LogP contribution in [0.15, 0.2) is 66.0 Å². The molecule has 6 nitrogen and oxygen atoms in total. The summed E-state index contributed by atoms with van der Waals surface area (Å²) in [5.41, 5.74) is 2.53. The number of thiophene rings is 1. The van der Waals surface area contributed by atoms with Gasteiger partial charge in [-0.2, -0.15) is 0 Å². The van der Waals surface area contributed by atoms with Crippen molar-refractivity contribution in [3.05, 3.63) is 76.5 Å². The van der Waals surface area contributed by atoms with Crippen LogP contribution in [0.1, 0.15) is 20.0 Å². The van der Waals surface area contributed by atoms with Crippen LogP contribution in [0.5, 0.6) is 0 Å². The molecule has 4 rings (SSSR count). The topological polar surface area (TPSA) is 72.9 Å². The number of nitrogens with one attached hydrogen (secondary N) is 1. The van der Waals surface area contributed by atoms with Crippen molar-refractivity contribution in [2.75, 3.05) is 41.3 Å². The summed E-state index contributed by atoms with van der Waals surface area (Å²) in [5.74, 6) is -1.24. The summed E-state index contributed by atoms with van der Waals surface area (Å²) in [6, 6.07) is 18.8. The van der Waals surface area contributed by atoms with Gasteiger partial charge in [-0.25, -0.2) is 4.79 Å². The number of nitrogens with zero attached hydrogens (tertiary/aromatic N) is 2. The zero-order chi connectivity index (χ0) is 20.2. The molecule has 1 aliphatic heterocycles. The Labute approximate surface area is 173 Å². The van der Waals surface area contributed by atoms with Crippen molar-refractivity contribution in [1.82, 2.24) is 0 Å². The second-order valence-corrected chi connectivity index (χ2v) is 7.73. The minimum absolute atomic E-state index is 0.196. The molecule has 0 aliphatic carbocycles. The molecule has 0 unspecified atom stereocenters. The standard InChI is InChI=1S/C22H21N3O3S/c26-21(20-7-4-14-29-20)23-16-8-9-19(18(15-16)22(27)28)25-12-10-24(11-13-25)17-5-2-1-3-6-17/h1-9,14-15H,10-13H2,(H,23,26)(H,27,28). The van der Waals surface area contributed by atoms with Gasteiger partial charge in [0.1, 0.15) is 0 Å². The number of carboxylic acids is 1. The molecule has 1 saturated heterocycles. The van der Waals surface area contributed by atoms with Gasteiger partial charge in [0.15, 0.2) is 0 Å². The number of carbonyl (C=O) groups excluding carboxylic acids is 1. The van der Waals surface area contributed by atoms with Gasteiger partial charge in [0.05, 0.1) is 16.1 Å². The minimum Gasteiger partial charge on any atom is -0.478 e. The number of piperazine rings is 1. The van der Waals surface area contributed by atoms with Gasteiger partial charge < -0.3 is 20.2 Å². The van der Waals surface area contributed by atoms with E-state index >= 15 is 0 Å². The molecule has 1 aliphatic rings. The predicted octanol–water partition coefficient (Wildman–Crippen LogP) is 4.03. The Morgan fingerprint density at radius 2 is 1.62 bits per heavy atom. The molecule has 2 heterocycles. The molecule has 0 atom stereocenters. The van der Waals surface area contributed by atoms with E-state index < -0.39 is 5.97 Å². The van der Waals surface area contributed by atoms with Crippen molar-refractivity contribution in [2.45, 2.75) is 0 Å². The minimum atomic E-state index is -1.00. The van der Waals surface area contributed by atoms with Gasteiger partial charge in [0.2, 0.25) is 0 Å². The van der Waals surface area contributed by atoms with Crippen LogP contribution in [0.25, 0.3) is 0 Å². The molecular weight excluding hydrogens is 386 g/mol. The molecule has 2 N–H and O–H groups in total. The second-order valence-electron chi connectivity index (χ2n) is 6.78. The fourth-order valence-electron chi connectivity index (χ4n) is 3.51. The third-order valence-electron chi connectivity index (χ3n) is 4.97. The lowest BCUT2D eigenvalue weighted by molar-refractivity contribution is 0.0697. The monoisotopic (exact) mass is 407 g/mol. The number of amides is 1. The Kier molecular flexibility index (Phi) is 5.48. The summed E-state index contributed by atoms with van der Waals surface area (Å²) in [6.45, 7) is 3.10. The Balaban J connectivity index is 1.49. The van der Waals surface area contributed by atoms with Crippen molar-refractivity contribution in [3.8, 4) is 0 Å². The highest BCUT2D eigenvalue weighted by Crippen LogP contribution is 2.27. The van der Waals surface area contributed by atoms with Crippen LogP contribution in [-0.2, 0) is 0 Å². The van der Waals surface area contributed by atoms with Gasteiger partial charge >= 0.3 is 5.97 Å². The average molecular weight is 407 g/mol. The molecule has 1 fully saturated rings. The van der Waals surface area contributed by atoms with Crippen molar-refractivity contribution in [2.24, 2.45) is 0 Å². The van der Waals surface area contributed by atoms with Crippen LogP contribution in [0.3, 0.4) is 0 Å². The van der Waals surface area contributed by atoms with Gasteiger partial charge in [0, 0.05) is 37.6 Å². The number of anilines is 3. The normalized spacial score (nSPS) is 13.9. The molecule has 148 valence electrons. The molecule has 0 saturated carbocycles. The van der Waals surface area contributed by atoms with Crippen LogP contribution in [0.4, 0.5) is 17.1 Å². The molecule has 0 radical (unpaired) electrons. The first-order valence-corrected chi connectivity index (χ1v) is 10.3. The van der Waals surface area contributed by atoms with E-state index in [4.69, 9.17) is 0 Å². The maximum absolute atomic E-state index is 12.2. The number of carboxylic acid groups (broad SMARTS) is 1. The van der Waals surface area contributed by atoms with Crippen LogP contribution in [0, 0.1) is 0 Å². The maximum Gasteiger partial charge on any atom is 0.337 e. The average Bonchev–Trinajstić information content (AvgIpc) is 3.30. The number of hydrogen-bond donors (Lipinski definition) is 2. The van der Waals surface area contributed by atoms with E-state index in [1.54, 1.807) is 24.3 Å². The van der Waals surface area contributed by atoms with Crippen LogP contribution >= 0.6 is 11.3 Å². The van der Waals surface area contributed by atoms with E-state index in [-0.39, 0.29) is 11.5 Å². The number of aromatic carboxylic acids is 1. The third-order valence-corrected chi connectivity index (χ3v) is 5.84. The van der Waals surface area contributed by atoms with Gasteiger partial charge in [-0.1, -0.05) is 24.3 Å². The molecular formula is C22H21N3O3S. The number of hydrogen-bond acceptors (Lipinski definition) is 5. The first-order valence-electron chi connectivity index (χ1n) is 9.39. The van der Waals surface area contributed by atoms with Crippen LogP contribution < -0.4 is 15.1 Å². The maximum atomic E-state index is 12.2. The molecule has 3 aromatic rings. The van der Waals surface area contributed by atoms with E-state index in [1.165, 1.54) is 23.1 Å². The fraction of sp³-hybridized carbons (Fsp3) is 0.182. The fourth-order valence-corrected chi connectivity index (χ4v) is 4.12. The smallest absolute Gasteiger partial charge is 0.337 e. The molecule has 1 aromatic heterocycles. The summed E-state index contributed by atoms with van der Waals surface area (Å²) in [5, 5.41) is 14.3. The number of benzene rings is 2. The Bertz CT molecular complexity index is 997. The third kappa shape index (κ3) is 4.25. The lowest BCUT2D eigenvalue weighted by atomic mass is 10.1. The van der Waals surface area contributed by atoms with Gasteiger partial charge in [-0.3, -0.25) is 4.79 Å². The molecule has 2 aromatic carbocycles. The van der Waals surface area contributed by atoms with E-state index in [0.29, 0.717) is 16.3 Å². The Morgan fingerprint density at radius 1 is 0.897 bits per heavy atom. The lowest BCUT2D eigenvalue weighted by Gasteiger charge is -2.38. The first kappa shape index (κ1) is 19.0. The van der Waals surface area contributed by atoms with E-state index in [9.17, 15) is 14.7 Å². The summed E-state index contributed by atoms with van der Waals surface area (Å²) in [4.78, 5) is 29.1. The molecule has 1 amide bonds. The van der Waals surface area contributed by atoms with Crippen LogP contribution in [0.2, 0.25) is 0 Å². The molecule has 7 heteroatoms. The second kappa shape index (κ2) is 8.36. The van der Waals surface area contributed by atoms with Crippen molar-refractivity contribution < 1.29 is 14.7 Å². The van der Waals surface area contributed by atoms with E-state index in [0.717, 1.165) is 26.2 Å². The summed E-state index contributed by atoms with van der Waals surface area (Å²) in [7, 11) is 0. The predicted molar refractivity (Wildman–Crippen MR) is 117 cm³/mol. The summed E-state index contributed by atoms with van der Waals surface area (Å²) in [6.07, 6.45) is 0. The molecule has 29 heavy (non-hydrogen) atoms. The quantitative estimate of drug-likeness (QED) is 0.668. The summed E-state index contributed by atoms with van der Waals surface area (Å²) >= 11 is 1.34. The number of carbonyl (C=O) groups is 2. The number of para-hydroxylation sites is 1. The Hall–Kier alpha value is -3.32. The highest BCUT2D eigenvalue weighted by molar-refractivity contribution is 7.12. The zero-order valence-corrected chi connectivity index (χ0v) is 16.6. The van der Waals surface area contributed by atoms with Crippen molar-refractivity contribution >= 4 is 40.3 Å². The van der Waals surface area contributed by atoms with Gasteiger partial charge in [-0.05, 0) is 41.8 Å². The van der Waals surface area contributed by atoms with E-state index in [1.807, 2.05) is 23.6 Å². The molecule has 0 spiro atoms. The molecule has 0 bridgehead atoms. The van der Waals surface area contributed by atoms with Gasteiger partial charge in [0.25, 0.3) is 5.91 Å².